The lowest BCUT2D eigenvalue weighted by atomic mass is 9.98. The first-order valence-corrected chi connectivity index (χ1v) is 21.3. The highest BCUT2D eigenvalue weighted by molar-refractivity contribution is 6.00. The van der Waals surface area contributed by atoms with Crippen LogP contribution < -0.4 is 26.8 Å². The highest BCUT2D eigenvalue weighted by atomic mass is 16.5. The highest BCUT2D eigenvalue weighted by Crippen LogP contribution is 2.38. The summed E-state index contributed by atoms with van der Waals surface area (Å²) in [5.74, 6) is 6.23. The van der Waals surface area contributed by atoms with Gasteiger partial charge in [0.25, 0.3) is 5.56 Å². The molecule has 1 aliphatic carbocycles. The number of benzene rings is 2. The maximum atomic E-state index is 13.5. The first-order valence-electron chi connectivity index (χ1n) is 21.3. The molecular weight excluding hydrogens is 803 g/mol. The number of imidazole rings is 1. The molecule has 6 aromatic rings. The second-order valence-electron chi connectivity index (χ2n) is 16.2. The highest BCUT2D eigenvalue weighted by Gasteiger charge is 2.37. The lowest BCUT2D eigenvalue weighted by Gasteiger charge is -2.36. The number of rotatable bonds is 12. The van der Waals surface area contributed by atoms with Gasteiger partial charge in [-0.2, -0.15) is 4.98 Å². The van der Waals surface area contributed by atoms with Crippen LogP contribution in [-0.2, 0) is 39.9 Å². The number of carbonyl (C=O) groups is 2. The van der Waals surface area contributed by atoms with Crippen LogP contribution in [0.4, 0.5) is 17.3 Å². The number of nitrogens with zero attached hydrogens (tertiary/aromatic N) is 9. The van der Waals surface area contributed by atoms with Gasteiger partial charge in [-0.15, -0.1) is 6.58 Å². The number of hydrogen-bond donors (Lipinski definition) is 3. The predicted molar refractivity (Wildman–Crippen MR) is 238 cm³/mol. The third kappa shape index (κ3) is 7.93. The van der Waals surface area contributed by atoms with E-state index in [0.717, 1.165) is 61.6 Å². The number of nitrogens with one attached hydrogen (secondary N) is 2. The summed E-state index contributed by atoms with van der Waals surface area (Å²) in [5, 5.41) is 17.2. The fraction of sp³-hybridized carbons (Fsp3) is 0.370. The van der Waals surface area contributed by atoms with Crippen LogP contribution >= 0.6 is 0 Å². The molecule has 0 bridgehead atoms. The maximum absolute atomic E-state index is 13.5. The SMILES string of the molecule is C=CCn1c(=O)c2cnc(Nc3ccc(N4CCN(CCOCC#Cc5ccc6c(c5)n(C)c(=O)n6C5CCC(=O)NC5=O)CC4)cc3)nc2n1-c1ccc2c(n1)[C@@](O)(CC)CC2. The molecule has 324 valence electrons. The van der Waals surface area contributed by atoms with Gasteiger partial charge >= 0.3 is 5.69 Å². The Bertz CT molecular complexity index is 2950. The molecule has 2 aromatic carbocycles. The van der Waals surface area contributed by atoms with Crippen LogP contribution in [0, 0.1) is 11.8 Å². The number of imide groups is 1. The largest absolute Gasteiger partial charge is 0.384 e. The van der Waals surface area contributed by atoms with Gasteiger partial charge in [0.2, 0.25) is 17.8 Å². The molecule has 6 heterocycles. The number of amides is 2. The molecule has 17 heteroatoms. The van der Waals surface area contributed by atoms with E-state index in [1.54, 1.807) is 23.9 Å². The summed E-state index contributed by atoms with van der Waals surface area (Å²) in [5.41, 5.74) is 4.42. The molecule has 2 aliphatic heterocycles. The summed E-state index contributed by atoms with van der Waals surface area (Å²) < 4.78 is 12.0. The van der Waals surface area contributed by atoms with Crippen LogP contribution in [0.1, 0.15) is 55.5 Å². The third-order valence-electron chi connectivity index (χ3n) is 12.4. The van der Waals surface area contributed by atoms with Crippen LogP contribution in [0.2, 0.25) is 0 Å². The van der Waals surface area contributed by atoms with E-state index in [1.165, 1.54) is 20.0 Å². The van der Waals surface area contributed by atoms with Gasteiger partial charge in [-0.3, -0.25) is 33.7 Å². The molecule has 0 spiro atoms. The van der Waals surface area contributed by atoms with Crippen LogP contribution in [0.15, 0.2) is 83.0 Å². The van der Waals surface area contributed by atoms with Crippen molar-refractivity contribution in [2.45, 2.75) is 57.2 Å². The van der Waals surface area contributed by atoms with Crippen molar-refractivity contribution in [2.75, 3.05) is 56.2 Å². The summed E-state index contributed by atoms with van der Waals surface area (Å²) in [4.78, 5) is 69.6. The monoisotopic (exact) mass is 851 g/mol. The Morgan fingerprint density at radius 2 is 1.83 bits per heavy atom. The molecular formula is C46H49N11O6. The average Bonchev–Trinajstić information content (AvgIpc) is 3.87. The van der Waals surface area contributed by atoms with Gasteiger partial charge in [0.1, 0.15) is 23.6 Å². The quantitative estimate of drug-likeness (QED) is 0.0708. The summed E-state index contributed by atoms with van der Waals surface area (Å²) in [6.45, 7) is 11.2. The number of piperazine rings is 1. The lowest BCUT2D eigenvalue weighted by molar-refractivity contribution is -0.135. The molecule has 2 atom stereocenters. The molecule has 4 aromatic heterocycles. The van der Waals surface area contributed by atoms with Crippen molar-refractivity contribution >= 4 is 51.2 Å². The Balaban J connectivity index is 0.776. The Kier molecular flexibility index (Phi) is 11.3. The molecule has 1 unspecified atom stereocenters. The van der Waals surface area contributed by atoms with Gasteiger partial charge < -0.3 is 20.1 Å². The van der Waals surface area contributed by atoms with Gasteiger partial charge in [-0.1, -0.05) is 30.9 Å². The van der Waals surface area contributed by atoms with Crippen LogP contribution in [0.25, 0.3) is 27.9 Å². The lowest BCUT2D eigenvalue weighted by Crippen LogP contribution is -2.47. The van der Waals surface area contributed by atoms with Gasteiger partial charge in [-0.25, -0.2) is 24.1 Å². The van der Waals surface area contributed by atoms with E-state index >= 15 is 0 Å². The molecule has 0 radical (unpaired) electrons. The number of fused-ring (bicyclic) bond motifs is 3. The first-order chi connectivity index (χ1) is 30.5. The smallest absolute Gasteiger partial charge is 0.329 e. The number of anilines is 3. The Morgan fingerprint density at radius 3 is 2.59 bits per heavy atom. The van der Waals surface area contributed by atoms with Crippen molar-refractivity contribution in [3.8, 4) is 17.7 Å². The number of piperidine rings is 1. The predicted octanol–water partition coefficient (Wildman–Crippen LogP) is 3.27. The van der Waals surface area contributed by atoms with Crippen molar-refractivity contribution in [3.05, 3.63) is 111 Å². The Hall–Kier alpha value is -6.87. The molecule has 0 saturated carbocycles. The molecule has 3 aliphatic rings. The van der Waals surface area contributed by atoms with Gasteiger partial charge in [0.05, 0.1) is 29.9 Å². The van der Waals surface area contributed by atoms with E-state index in [2.05, 4.69) is 56.0 Å². The number of allylic oxidation sites excluding steroid dienone is 1. The fourth-order valence-corrected chi connectivity index (χ4v) is 8.85. The number of pyridine rings is 1. The van der Waals surface area contributed by atoms with Crippen molar-refractivity contribution in [1.82, 2.24) is 43.7 Å². The minimum Gasteiger partial charge on any atom is -0.384 e. The molecule has 63 heavy (non-hydrogen) atoms. The summed E-state index contributed by atoms with van der Waals surface area (Å²) in [6.07, 6.45) is 5.57. The number of carbonyl (C=O) groups excluding carboxylic acids is 2. The molecule has 2 amide bonds. The minimum atomic E-state index is -1.00. The van der Waals surface area contributed by atoms with Gasteiger partial charge in [0, 0.05) is 69.3 Å². The summed E-state index contributed by atoms with van der Waals surface area (Å²) >= 11 is 0. The molecule has 3 N–H and O–H groups in total. The van der Waals surface area contributed by atoms with Gasteiger partial charge in [0.15, 0.2) is 11.5 Å². The standard InChI is InChI=1S/C46H49N11O6/c1-4-20-55-43(60)34-29-47-44(51-41(34)57(55)38-16-9-31-18-19-46(62,5-2)40(31)49-38)48-32-10-12-33(13-11-32)54-23-21-53(22-24-54)25-27-63-26-6-7-30-8-14-35-37(28-30)52(3)45(61)56(35)36-15-17-39(58)50-42(36)59/h4,8-14,16,28-29,36,62H,1,5,15,17-27H2,2-3H3,(H,47,48,51)(H,50,58,59)/t36?,46-/m1/s1. The normalized spacial score (nSPS) is 19.0. The number of aryl methyl sites for hydroxylation is 2. The summed E-state index contributed by atoms with van der Waals surface area (Å²) in [7, 11) is 1.66. The van der Waals surface area contributed by atoms with E-state index in [0.29, 0.717) is 59.0 Å². The van der Waals surface area contributed by atoms with Crippen LogP contribution in [0.3, 0.4) is 0 Å². The van der Waals surface area contributed by atoms with Gasteiger partial charge in [-0.05, 0) is 79.8 Å². The Labute approximate surface area is 362 Å². The number of hydrogen-bond acceptors (Lipinski definition) is 12. The van der Waals surface area contributed by atoms with Crippen LogP contribution in [-0.4, -0.2) is 101 Å². The third-order valence-corrected chi connectivity index (χ3v) is 12.4. The van der Waals surface area contributed by atoms with Crippen molar-refractivity contribution in [3.63, 3.8) is 0 Å². The van der Waals surface area contributed by atoms with Crippen LogP contribution in [0.5, 0.6) is 0 Å². The van der Waals surface area contributed by atoms with Crippen molar-refractivity contribution in [1.29, 1.82) is 0 Å². The second-order valence-corrected chi connectivity index (χ2v) is 16.2. The van der Waals surface area contributed by atoms with Crippen molar-refractivity contribution in [2.24, 2.45) is 7.05 Å². The number of ether oxygens (including phenoxy) is 1. The topological polar surface area (TPSA) is 187 Å². The van der Waals surface area contributed by atoms with E-state index in [4.69, 9.17) is 14.7 Å². The zero-order valence-electron chi connectivity index (χ0n) is 35.3. The zero-order valence-corrected chi connectivity index (χ0v) is 35.3. The molecule has 2 fully saturated rings. The van der Waals surface area contributed by atoms with E-state index in [9.17, 15) is 24.3 Å². The minimum absolute atomic E-state index is 0.189. The van der Waals surface area contributed by atoms with Crippen molar-refractivity contribution < 1.29 is 19.4 Å². The number of aliphatic hydroxyl groups is 1. The maximum Gasteiger partial charge on any atom is 0.329 e. The summed E-state index contributed by atoms with van der Waals surface area (Å²) in [6, 6.07) is 16.7. The van der Waals surface area contributed by atoms with E-state index in [1.807, 2.05) is 43.3 Å². The molecule has 9 rings (SSSR count). The number of aromatic nitrogens is 7. The molecule has 2 saturated heterocycles. The first kappa shape index (κ1) is 41.5. The fourth-order valence-electron chi connectivity index (χ4n) is 8.85. The molecule has 17 nitrogen and oxygen atoms in total. The Morgan fingerprint density at radius 1 is 1.02 bits per heavy atom. The average molecular weight is 852 g/mol. The second kappa shape index (κ2) is 17.1. The van der Waals surface area contributed by atoms with E-state index in [-0.39, 0.29) is 43.1 Å². The zero-order chi connectivity index (χ0) is 43.8. The van der Waals surface area contributed by atoms with E-state index < -0.39 is 17.6 Å².